The number of fused-ring (bicyclic) bond motifs is 3. The Morgan fingerprint density at radius 3 is 2.72 bits per heavy atom. The highest BCUT2D eigenvalue weighted by Crippen LogP contribution is 2.27. The number of aromatic nitrogens is 5. The first-order valence-corrected chi connectivity index (χ1v) is 8.94. The van der Waals surface area contributed by atoms with Crippen molar-refractivity contribution >= 4 is 16.7 Å². The van der Waals surface area contributed by atoms with E-state index in [1.165, 1.54) is 0 Å². The van der Waals surface area contributed by atoms with Crippen LogP contribution in [-0.4, -0.2) is 35.4 Å². The van der Waals surface area contributed by atoms with E-state index in [0.29, 0.717) is 35.1 Å². The lowest BCUT2D eigenvalue weighted by molar-refractivity contribution is 0.105. The Labute approximate surface area is 145 Å². The molecule has 25 heavy (non-hydrogen) atoms. The van der Waals surface area contributed by atoms with Crippen molar-refractivity contribution in [3.8, 4) is 0 Å². The molecule has 4 rings (SSSR count). The molecule has 7 nitrogen and oxygen atoms in total. The maximum Gasteiger partial charge on any atom is 0.261 e. The molecule has 0 amide bonds. The van der Waals surface area contributed by atoms with E-state index in [1.807, 2.05) is 26.1 Å². The van der Waals surface area contributed by atoms with Crippen LogP contribution in [0.1, 0.15) is 43.6 Å². The molecule has 3 heterocycles. The molecular formula is C18H23N5O2. The minimum atomic E-state index is -0.137. The van der Waals surface area contributed by atoms with Gasteiger partial charge < -0.3 is 9.67 Å². The number of aliphatic hydroxyl groups excluding tert-OH is 1. The molecule has 0 aliphatic heterocycles. The number of aryl methyl sites for hydroxylation is 3. The summed E-state index contributed by atoms with van der Waals surface area (Å²) in [5.41, 5.74) is 1.42. The summed E-state index contributed by atoms with van der Waals surface area (Å²) in [5, 5.41) is 14.6. The lowest BCUT2D eigenvalue weighted by Crippen LogP contribution is -2.24. The van der Waals surface area contributed by atoms with Crippen LogP contribution in [0.4, 0.5) is 0 Å². The van der Waals surface area contributed by atoms with Crippen molar-refractivity contribution in [3.05, 3.63) is 34.1 Å². The topological polar surface area (TPSA) is 85.3 Å². The van der Waals surface area contributed by atoms with Crippen molar-refractivity contribution in [1.82, 2.24) is 24.1 Å². The summed E-state index contributed by atoms with van der Waals surface area (Å²) in [6, 6.07) is 1.93. The van der Waals surface area contributed by atoms with E-state index >= 15 is 0 Å². The Balaban J connectivity index is 1.67. The lowest BCUT2D eigenvalue weighted by atomic mass is 9.85. The molecular weight excluding hydrogens is 318 g/mol. The minimum absolute atomic E-state index is 0.0200. The van der Waals surface area contributed by atoms with Crippen LogP contribution in [0.2, 0.25) is 0 Å². The van der Waals surface area contributed by atoms with Crippen LogP contribution in [0.25, 0.3) is 16.7 Å². The van der Waals surface area contributed by atoms with Gasteiger partial charge in [0.2, 0.25) is 0 Å². The monoisotopic (exact) mass is 341 g/mol. The van der Waals surface area contributed by atoms with E-state index in [-0.39, 0.29) is 11.7 Å². The largest absolute Gasteiger partial charge is 0.393 e. The molecule has 1 fully saturated rings. The zero-order valence-corrected chi connectivity index (χ0v) is 14.6. The first-order valence-electron chi connectivity index (χ1n) is 8.94. The fourth-order valence-electron chi connectivity index (χ4n) is 3.86. The van der Waals surface area contributed by atoms with E-state index in [9.17, 15) is 9.90 Å². The molecule has 1 aliphatic carbocycles. The second-order valence-corrected chi connectivity index (χ2v) is 7.11. The highest BCUT2D eigenvalue weighted by molar-refractivity contribution is 5.81. The van der Waals surface area contributed by atoms with Crippen molar-refractivity contribution in [2.45, 2.75) is 58.6 Å². The summed E-state index contributed by atoms with van der Waals surface area (Å²) in [6.07, 6.45) is 6.52. The molecule has 1 N–H and O–H groups in total. The third-order valence-corrected chi connectivity index (χ3v) is 5.29. The van der Waals surface area contributed by atoms with Crippen LogP contribution in [0.15, 0.2) is 17.1 Å². The number of aliphatic hydroxyl groups is 1. The van der Waals surface area contributed by atoms with Gasteiger partial charge in [-0.1, -0.05) is 0 Å². The molecule has 0 atom stereocenters. The van der Waals surface area contributed by atoms with Gasteiger partial charge in [-0.3, -0.25) is 4.79 Å². The molecule has 3 aromatic rings. The molecule has 3 aromatic heterocycles. The second-order valence-electron chi connectivity index (χ2n) is 7.11. The minimum Gasteiger partial charge on any atom is -0.393 e. The molecule has 1 saturated carbocycles. The zero-order chi connectivity index (χ0) is 17.6. The molecule has 7 heteroatoms. The zero-order valence-electron chi connectivity index (χ0n) is 14.6. The van der Waals surface area contributed by atoms with E-state index in [4.69, 9.17) is 0 Å². The van der Waals surface area contributed by atoms with Crippen LogP contribution < -0.4 is 5.56 Å². The van der Waals surface area contributed by atoms with Crippen LogP contribution >= 0.6 is 0 Å². The van der Waals surface area contributed by atoms with Gasteiger partial charge in [0.1, 0.15) is 5.82 Å². The van der Waals surface area contributed by atoms with E-state index < -0.39 is 0 Å². The summed E-state index contributed by atoms with van der Waals surface area (Å²) < 4.78 is 3.42. The summed E-state index contributed by atoms with van der Waals surface area (Å²) in [4.78, 5) is 21.7. The number of hydrogen-bond donors (Lipinski definition) is 1. The fourth-order valence-corrected chi connectivity index (χ4v) is 3.86. The average Bonchev–Trinajstić information content (AvgIpc) is 2.95. The Morgan fingerprint density at radius 2 is 1.96 bits per heavy atom. The first kappa shape index (κ1) is 16.2. The summed E-state index contributed by atoms with van der Waals surface area (Å²) in [5.74, 6) is 1.76. The molecule has 1 aliphatic rings. The second kappa shape index (κ2) is 6.22. The smallest absolute Gasteiger partial charge is 0.261 e. The Hall–Kier alpha value is -2.28. The predicted octanol–water partition coefficient (Wildman–Crippen LogP) is 2.00. The summed E-state index contributed by atoms with van der Waals surface area (Å²) >= 11 is 0. The number of hydrogen-bond acceptors (Lipinski definition) is 5. The van der Waals surface area contributed by atoms with Crippen molar-refractivity contribution < 1.29 is 5.11 Å². The Bertz CT molecular complexity index is 982. The van der Waals surface area contributed by atoms with Gasteiger partial charge in [0.25, 0.3) is 11.3 Å². The van der Waals surface area contributed by atoms with Crippen molar-refractivity contribution in [2.24, 2.45) is 5.92 Å². The SMILES string of the molecule is Cc1nc2nc(C)c3c(=O)n(CCC4CCC(O)CC4)ccc3n2n1. The van der Waals surface area contributed by atoms with Crippen LogP contribution in [0.3, 0.4) is 0 Å². The molecule has 0 spiro atoms. The standard InChI is InChI=1S/C18H23N5O2/c1-11-16-15(23-18(19-11)20-12(2)21-23)8-10-22(17(16)25)9-7-13-3-5-14(24)6-4-13/h8,10,13-14,24H,3-7,9H2,1-2H3. The predicted molar refractivity (Wildman–Crippen MR) is 94.6 cm³/mol. The van der Waals surface area contributed by atoms with E-state index in [0.717, 1.165) is 37.6 Å². The van der Waals surface area contributed by atoms with Gasteiger partial charge in [0, 0.05) is 12.7 Å². The van der Waals surface area contributed by atoms with Crippen LogP contribution in [0, 0.1) is 19.8 Å². The van der Waals surface area contributed by atoms with Gasteiger partial charge in [-0.25, -0.2) is 4.98 Å². The molecule has 132 valence electrons. The number of nitrogens with zero attached hydrogens (tertiary/aromatic N) is 5. The van der Waals surface area contributed by atoms with Gasteiger partial charge in [0.15, 0.2) is 0 Å². The third kappa shape index (κ3) is 2.93. The molecule has 0 aromatic carbocycles. The highest BCUT2D eigenvalue weighted by atomic mass is 16.3. The van der Waals surface area contributed by atoms with Crippen molar-refractivity contribution in [3.63, 3.8) is 0 Å². The van der Waals surface area contributed by atoms with Crippen LogP contribution in [0.5, 0.6) is 0 Å². The molecule has 0 saturated heterocycles. The van der Waals surface area contributed by atoms with Gasteiger partial charge in [-0.15, -0.1) is 5.10 Å². The van der Waals surface area contributed by atoms with E-state index in [1.54, 1.807) is 9.08 Å². The number of pyridine rings is 1. The third-order valence-electron chi connectivity index (χ3n) is 5.29. The lowest BCUT2D eigenvalue weighted by Gasteiger charge is -2.25. The van der Waals surface area contributed by atoms with Gasteiger partial charge in [-0.2, -0.15) is 9.50 Å². The maximum absolute atomic E-state index is 12.9. The Morgan fingerprint density at radius 1 is 1.20 bits per heavy atom. The van der Waals surface area contributed by atoms with E-state index in [2.05, 4.69) is 15.1 Å². The fraction of sp³-hybridized carbons (Fsp3) is 0.556. The van der Waals surface area contributed by atoms with Crippen molar-refractivity contribution in [1.29, 1.82) is 0 Å². The molecule has 0 unspecified atom stereocenters. The van der Waals surface area contributed by atoms with Gasteiger partial charge in [0.05, 0.1) is 22.7 Å². The molecule has 0 bridgehead atoms. The molecule has 0 radical (unpaired) electrons. The Kier molecular flexibility index (Phi) is 4.03. The maximum atomic E-state index is 12.9. The number of rotatable bonds is 3. The van der Waals surface area contributed by atoms with Gasteiger partial charge in [-0.05, 0) is 57.9 Å². The normalized spacial score (nSPS) is 21.2. The average molecular weight is 341 g/mol. The quantitative estimate of drug-likeness (QED) is 0.787. The first-order chi connectivity index (χ1) is 12.0. The van der Waals surface area contributed by atoms with Crippen molar-refractivity contribution in [2.75, 3.05) is 0 Å². The highest BCUT2D eigenvalue weighted by Gasteiger charge is 2.20. The summed E-state index contributed by atoms with van der Waals surface area (Å²) in [7, 11) is 0. The van der Waals surface area contributed by atoms with Gasteiger partial charge >= 0.3 is 0 Å². The van der Waals surface area contributed by atoms with Crippen LogP contribution in [-0.2, 0) is 6.54 Å². The summed E-state index contributed by atoms with van der Waals surface area (Å²) in [6.45, 7) is 4.36.